The summed E-state index contributed by atoms with van der Waals surface area (Å²) in [5.41, 5.74) is 4.07. The molecule has 0 radical (unpaired) electrons. The molecule has 0 bridgehead atoms. The third kappa shape index (κ3) is 4.37. The second-order valence-electron chi connectivity index (χ2n) is 8.72. The van der Waals surface area contributed by atoms with Crippen molar-refractivity contribution in [2.75, 3.05) is 30.8 Å². The van der Waals surface area contributed by atoms with Gasteiger partial charge in [-0.25, -0.2) is 0 Å². The van der Waals surface area contributed by atoms with Gasteiger partial charge in [-0.3, -0.25) is 23.7 Å². The molecule has 1 fully saturated rings. The van der Waals surface area contributed by atoms with Crippen molar-refractivity contribution in [3.05, 3.63) is 54.5 Å². The topological polar surface area (TPSA) is 122 Å². The van der Waals surface area contributed by atoms with Crippen molar-refractivity contribution in [1.29, 1.82) is 0 Å². The first kappa shape index (κ1) is 21.7. The zero-order chi connectivity index (χ0) is 23.8. The minimum atomic E-state index is -0.424. The van der Waals surface area contributed by atoms with Gasteiger partial charge in [0.05, 0.1) is 29.5 Å². The van der Waals surface area contributed by atoms with Crippen LogP contribution in [0.3, 0.4) is 0 Å². The molecule has 0 atom stereocenters. The fraction of sp³-hybridized carbons (Fsp3) is 0.304. The maximum absolute atomic E-state index is 13.0. The Morgan fingerprint density at radius 1 is 1.09 bits per heavy atom. The summed E-state index contributed by atoms with van der Waals surface area (Å²) in [6.45, 7) is 3.64. The molecule has 0 saturated carbocycles. The smallest absolute Gasteiger partial charge is 0.294 e. The number of carbonyl (C=O) groups excluding carboxylic acids is 2. The number of fused-ring (bicyclic) bond motifs is 1. The number of hydrogen-bond acceptors (Lipinski definition) is 7. The van der Waals surface area contributed by atoms with E-state index in [1.54, 1.807) is 40.7 Å². The fourth-order valence-electron chi connectivity index (χ4n) is 4.13. The van der Waals surface area contributed by atoms with E-state index in [0.29, 0.717) is 35.1 Å². The molecule has 5 rings (SSSR count). The highest BCUT2D eigenvalue weighted by Crippen LogP contribution is 2.22. The van der Waals surface area contributed by atoms with Crippen LogP contribution in [-0.2, 0) is 11.8 Å². The number of nitrogens with one attached hydrogen (secondary N) is 2. The molecule has 11 heteroatoms. The van der Waals surface area contributed by atoms with Crippen molar-refractivity contribution in [3.8, 4) is 11.1 Å². The number of nitrogens with zero attached hydrogens (tertiary/aromatic N) is 7. The number of aromatic nitrogens is 6. The summed E-state index contributed by atoms with van der Waals surface area (Å²) in [6.07, 6.45) is 7.48. The Hall–Kier alpha value is -4.12. The van der Waals surface area contributed by atoms with E-state index >= 15 is 0 Å². The molecule has 1 aliphatic rings. The third-order valence-electron chi connectivity index (χ3n) is 5.88. The number of hydrogen-bond donors (Lipinski definition) is 2. The van der Waals surface area contributed by atoms with Gasteiger partial charge in [-0.1, -0.05) is 0 Å². The molecule has 5 heterocycles. The van der Waals surface area contributed by atoms with Gasteiger partial charge in [0.15, 0.2) is 5.65 Å². The summed E-state index contributed by atoms with van der Waals surface area (Å²) in [5, 5.41) is 18.1. The normalized spacial score (nSPS) is 14.2. The van der Waals surface area contributed by atoms with Crippen LogP contribution in [-0.4, -0.2) is 66.2 Å². The standard InChI is InChI=1S/C23H25N9O2/c1-14-19(8-18(10-24-14)26-21(33)6-15-11-30(2)12-15)27-23(34)22-29-28-20-7-16(4-5-32(20)22)17-9-25-31(3)13-17/h4-5,7-10,13,15H,6,11-12H2,1-3H3,(H,26,33)(H,27,34). The highest BCUT2D eigenvalue weighted by molar-refractivity contribution is 6.03. The lowest BCUT2D eigenvalue weighted by Crippen LogP contribution is -2.45. The molecular weight excluding hydrogens is 434 g/mol. The largest absolute Gasteiger partial charge is 0.325 e. The Kier molecular flexibility index (Phi) is 5.54. The van der Waals surface area contributed by atoms with Crippen LogP contribution in [0.5, 0.6) is 0 Å². The second kappa shape index (κ2) is 8.67. The van der Waals surface area contributed by atoms with E-state index in [9.17, 15) is 9.59 Å². The van der Waals surface area contributed by atoms with Gasteiger partial charge < -0.3 is 15.5 Å². The second-order valence-corrected chi connectivity index (χ2v) is 8.72. The van der Waals surface area contributed by atoms with Gasteiger partial charge in [0.1, 0.15) is 0 Å². The Morgan fingerprint density at radius 3 is 2.65 bits per heavy atom. The van der Waals surface area contributed by atoms with E-state index in [1.165, 1.54) is 0 Å². The lowest BCUT2D eigenvalue weighted by molar-refractivity contribution is -0.118. The quantitative estimate of drug-likeness (QED) is 0.452. The van der Waals surface area contributed by atoms with E-state index in [4.69, 9.17) is 0 Å². The van der Waals surface area contributed by atoms with E-state index in [0.717, 1.165) is 24.2 Å². The molecule has 2 amide bonds. The first-order valence-electron chi connectivity index (χ1n) is 11.0. The van der Waals surface area contributed by atoms with E-state index in [2.05, 4.69) is 35.8 Å². The van der Waals surface area contributed by atoms with Crippen molar-refractivity contribution in [1.82, 2.24) is 34.3 Å². The molecule has 174 valence electrons. The molecule has 4 aromatic rings. The summed E-state index contributed by atoms with van der Waals surface area (Å²) in [4.78, 5) is 31.8. The summed E-state index contributed by atoms with van der Waals surface area (Å²) in [7, 11) is 3.89. The lowest BCUT2D eigenvalue weighted by Gasteiger charge is -2.35. The number of likely N-dealkylation sites (tertiary alicyclic amines) is 1. The number of aryl methyl sites for hydroxylation is 2. The molecule has 4 aromatic heterocycles. The summed E-state index contributed by atoms with van der Waals surface area (Å²) >= 11 is 0. The zero-order valence-corrected chi connectivity index (χ0v) is 19.2. The third-order valence-corrected chi connectivity index (χ3v) is 5.88. The first-order chi connectivity index (χ1) is 16.4. The van der Waals surface area contributed by atoms with Gasteiger partial charge in [-0.2, -0.15) is 5.10 Å². The average molecular weight is 460 g/mol. The van der Waals surface area contributed by atoms with Crippen LogP contribution in [0.1, 0.15) is 22.7 Å². The minimum Gasteiger partial charge on any atom is -0.325 e. The molecule has 11 nitrogen and oxygen atoms in total. The number of anilines is 2. The average Bonchev–Trinajstić information content (AvgIpc) is 3.40. The summed E-state index contributed by atoms with van der Waals surface area (Å²) in [5.74, 6) is 0.0413. The van der Waals surface area contributed by atoms with Crippen molar-refractivity contribution in [2.45, 2.75) is 13.3 Å². The van der Waals surface area contributed by atoms with Gasteiger partial charge in [0.25, 0.3) is 5.91 Å². The lowest BCUT2D eigenvalue weighted by atomic mass is 9.97. The van der Waals surface area contributed by atoms with Gasteiger partial charge in [0.2, 0.25) is 11.7 Å². The number of amides is 2. The maximum Gasteiger partial charge on any atom is 0.294 e. The highest BCUT2D eigenvalue weighted by atomic mass is 16.2. The van der Waals surface area contributed by atoms with Crippen LogP contribution in [0.2, 0.25) is 0 Å². The predicted molar refractivity (Wildman–Crippen MR) is 126 cm³/mol. The summed E-state index contributed by atoms with van der Waals surface area (Å²) < 4.78 is 3.35. The van der Waals surface area contributed by atoms with E-state index in [-0.39, 0.29) is 11.7 Å². The van der Waals surface area contributed by atoms with Gasteiger partial charge >= 0.3 is 0 Å². The number of carbonyl (C=O) groups is 2. The highest BCUT2D eigenvalue weighted by Gasteiger charge is 2.25. The number of pyridine rings is 2. The van der Waals surface area contributed by atoms with Crippen molar-refractivity contribution in [2.24, 2.45) is 13.0 Å². The van der Waals surface area contributed by atoms with Crippen LogP contribution >= 0.6 is 0 Å². The van der Waals surface area contributed by atoms with Crippen molar-refractivity contribution in [3.63, 3.8) is 0 Å². The Labute approximate surface area is 195 Å². The number of rotatable bonds is 6. The Bertz CT molecular complexity index is 1380. The van der Waals surface area contributed by atoms with Gasteiger partial charge in [-0.05, 0) is 43.7 Å². The monoisotopic (exact) mass is 459 g/mol. The predicted octanol–water partition coefficient (Wildman–Crippen LogP) is 1.98. The van der Waals surface area contributed by atoms with Crippen LogP contribution in [0, 0.1) is 12.8 Å². The zero-order valence-electron chi connectivity index (χ0n) is 19.2. The van der Waals surface area contributed by atoms with Crippen molar-refractivity contribution < 1.29 is 9.59 Å². The SMILES string of the molecule is Cc1ncc(NC(=O)CC2CN(C)C2)cc1NC(=O)c1nnc2cc(-c3cnn(C)c3)ccn12. The van der Waals surface area contributed by atoms with Crippen LogP contribution in [0.4, 0.5) is 11.4 Å². The van der Waals surface area contributed by atoms with Gasteiger partial charge in [0, 0.05) is 44.5 Å². The van der Waals surface area contributed by atoms with E-state index in [1.807, 2.05) is 32.4 Å². The molecule has 1 saturated heterocycles. The molecule has 0 aliphatic carbocycles. The molecular formula is C23H25N9O2. The maximum atomic E-state index is 13.0. The fourth-order valence-corrected chi connectivity index (χ4v) is 4.13. The summed E-state index contributed by atoms with van der Waals surface area (Å²) in [6, 6.07) is 5.44. The molecule has 34 heavy (non-hydrogen) atoms. The molecule has 0 unspecified atom stereocenters. The Morgan fingerprint density at radius 2 is 1.91 bits per heavy atom. The molecule has 1 aliphatic heterocycles. The molecule has 0 aromatic carbocycles. The minimum absolute atomic E-state index is 0.0612. The molecule has 0 spiro atoms. The van der Waals surface area contributed by atoms with Crippen LogP contribution in [0.15, 0.2) is 43.0 Å². The van der Waals surface area contributed by atoms with E-state index < -0.39 is 5.91 Å². The van der Waals surface area contributed by atoms with Crippen LogP contribution in [0.25, 0.3) is 16.8 Å². The van der Waals surface area contributed by atoms with Crippen LogP contribution < -0.4 is 10.6 Å². The first-order valence-corrected chi connectivity index (χ1v) is 11.0. The van der Waals surface area contributed by atoms with Crippen molar-refractivity contribution >= 4 is 28.8 Å². The Balaban J connectivity index is 1.30. The molecule has 2 N–H and O–H groups in total. The van der Waals surface area contributed by atoms with Gasteiger partial charge in [-0.15, -0.1) is 10.2 Å².